The molecule has 0 bridgehead atoms. The van der Waals surface area contributed by atoms with Gasteiger partial charge in [0.25, 0.3) is 0 Å². The van der Waals surface area contributed by atoms with Gasteiger partial charge in [-0.1, -0.05) is 6.92 Å². The van der Waals surface area contributed by atoms with Crippen molar-refractivity contribution in [3.8, 4) is 0 Å². The van der Waals surface area contributed by atoms with Crippen LogP contribution in [0, 0.1) is 5.92 Å². The maximum atomic E-state index is 4.41. The van der Waals surface area contributed by atoms with E-state index in [9.17, 15) is 0 Å². The van der Waals surface area contributed by atoms with E-state index in [1.54, 1.807) is 6.33 Å². The molecule has 1 aliphatic heterocycles. The number of aromatic nitrogens is 3. The van der Waals surface area contributed by atoms with Gasteiger partial charge in [0.1, 0.15) is 12.2 Å². The molecule has 2 fully saturated rings. The van der Waals surface area contributed by atoms with Crippen molar-refractivity contribution in [3.05, 3.63) is 12.2 Å². The highest BCUT2D eigenvalue weighted by molar-refractivity contribution is 4.87. The number of aryl methyl sites for hydroxylation is 1. The van der Waals surface area contributed by atoms with Gasteiger partial charge < -0.3 is 5.32 Å². The van der Waals surface area contributed by atoms with E-state index in [2.05, 4.69) is 31.9 Å². The van der Waals surface area contributed by atoms with Crippen LogP contribution in [0.4, 0.5) is 0 Å². The molecular formula is C15H27N5. The molecule has 1 aromatic rings. The summed E-state index contributed by atoms with van der Waals surface area (Å²) in [6.07, 6.45) is 8.24. The van der Waals surface area contributed by atoms with E-state index in [1.807, 2.05) is 0 Å². The molecule has 0 spiro atoms. The predicted molar refractivity (Wildman–Crippen MR) is 79.3 cm³/mol. The van der Waals surface area contributed by atoms with Gasteiger partial charge in [-0.25, -0.2) is 9.67 Å². The van der Waals surface area contributed by atoms with Crippen molar-refractivity contribution in [1.29, 1.82) is 0 Å². The van der Waals surface area contributed by atoms with Crippen LogP contribution in [-0.2, 0) is 13.1 Å². The summed E-state index contributed by atoms with van der Waals surface area (Å²) < 4.78 is 2.06. The Balaban J connectivity index is 1.42. The minimum atomic E-state index is 0.848. The van der Waals surface area contributed by atoms with Crippen LogP contribution in [0.1, 0.15) is 44.9 Å². The van der Waals surface area contributed by atoms with E-state index in [0.717, 1.165) is 37.3 Å². The molecule has 0 aromatic carbocycles. The second kappa shape index (κ2) is 6.68. The SMILES string of the molecule is CCCn1ncnc1CN1CCC(CNC2CC2)CC1. The molecule has 1 aromatic heterocycles. The molecule has 0 amide bonds. The maximum absolute atomic E-state index is 4.41. The van der Waals surface area contributed by atoms with Crippen LogP contribution in [-0.4, -0.2) is 45.3 Å². The van der Waals surface area contributed by atoms with Crippen LogP contribution in [0.5, 0.6) is 0 Å². The third-order valence-electron chi connectivity index (χ3n) is 4.48. The smallest absolute Gasteiger partial charge is 0.141 e. The van der Waals surface area contributed by atoms with Crippen molar-refractivity contribution in [1.82, 2.24) is 25.0 Å². The summed E-state index contributed by atoms with van der Waals surface area (Å²) in [5.74, 6) is 2.00. The number of rotatable bonds is 7. The second-order valence-corrected chi connectivity index (χ2v) is 6.30. The van der Waals surface area contributed by atoms with Crippen molar-refractivity contribution < 1.29 is 0 Å². The summed E-state index contributed by atoms with van der Waals surface area (Å²) >= 11 is 0. The first-order chi connectivity index (χ1) is 9.85. The van der Waals surface area contributed by atoms with Gasteiger partial charge in [-0.05, 0) is 57.7 Å². The summed E-state index contributed by atoms with van der Waals surface area (Å²) in [4.78, 5) is 6.95. The van der Waals surface area contributed by atoms with Gasteiger partial charge in [0.05, 0.1) is 6.54 Å². The van der Waals surface area contributed by atoms with Crippen LogP contribution in [0.3, 0.4) is 0 Å². The summed E-state index contributed by atoms with van der Waals surface area (Å²) in [7, 11) is 0. The van der Waals surface area contributed by atoms with Gasteiger partial charge in [-0.2, -0.15) is 5.10 Å². The number of nitrogens with zero attached hydrogens (tertiary/aromatic N) is 4. The minimum absolute atomic E-state index is 0.848. The number of hydrogen-bond acceptors (Lipinski definition) is 4. The molecule has 3 rings (SSSR count). The Morgan fingerprint density at radius 1 is 1.25 bits per heavy atom. The first-order valence-corrected chi connectivity index (χ1v) is 8.17. The zero-order chi connectivity index (χ0) is 13.8. The lowest BCUT2D eigenvalue weighted by atomic mass is 9.97. The molecule has 0 atom stereocenters. The van der Waals surface area contributed by atoms with Crippen LogP contribution in [0.15, 0.2) is 6.33 Å². The van der Waals surface area contributed by atoms with Gasteiger partial charge in [0.2, 0.25) is 0 Å². The number of hydrogen-bond donors (Lipinski definition) is 1. The average molecular weight is 277 g/mol. The molecular weight excluding hydrogens is 250 g/mol. The predicted octanol–water partition coefficient (Wildman–Crippen LogP) is 1.65. The molecule has 5 nitrogen and oxygen atoms in total. The summed E-state index contributed by atoms with van der Waals surface area (Å²) in [6.45, 7) is 7.76. The first-order valence-electron chi connectivity index (χ1n) is 8.17. The fourth-order valence-electron chi connectivity index (χ4n) is 2.98. The summed E-state index contributed by atoms with van der Waals surface area (Å²) in [5.41, 5.74) is 0. The molecule has 0 unspecified atom stereocenters. The zero-order valence-electron chi connectivity index (χ0n) is 12.6. The van der Waals surface area contributed by atoms with Crippen molar-refractivity contribution in [2.45, 2.75) is 58.2 Å². The second-order valence-electron chi connectivity index (χ2n) is 6.30. The Bertz CT molecular complexity index is 404. The molecule has 0 radical (unpaired) electrons. The lowest BCUT2D eigenvalue weighted by Gasteiger charge is -2.31. The van der Waals surface area contributed by atoms with Gasteiger partial charge in [0.15, 0.2) is 0 Å². The molecule has 1 saturated heterocycles. The highest BCUT2D eigenvalue weighted by Gasteiger charge is 2.24. The van der Waals surface area contributed by atoms with E-state index in [0.29, 0.717) is 0 Å². The molecule has 2 heterocycles. The number of likely N-dealkylation sites (tertiary alicyclic amines) is 1. The average Bonchev–Trinajstić information content (AvgIpc) is 3.20. The van der Waals surface area contributed by atoms with Crippen LogP contribution in [0.2, 0.25) is 0 Å². The van der Waals surface area contributed by atoms with E-state index in [4.69, 9.17) is 0 Å². The number of piperidine rings is 1. The summed E-state index contributed by atoms with van der Waals surface area (Å²) in [5, 5.41) is 7.98. The van der Waals surface area contributed by atoms with E-state index in [-0.39, 0.29) is 0 Å². The standard InChI is InChI=1S/C15H27N5/c1-2-7-20-15(17-12-18-20)11-19-8-5-13(6-9-19)10-16-14-3-4-14/h12-14,16H,2-11H2,1H3. The molecule has 2 aliphatic rings. The van der Waals surface area contributed by atoms with Crippen LogP contribution in [0.25, 0.3) is 0 Å². The topological polar surface area (TPSA) is 46.0 Å². The fourth-order valence-corrected chi connectivity index (χ4v) is 2.98. The highest BCUT2D eigenvalue weighted by atomic mass is 15.3. The molecule has 1 N–H and O–H groups in total. The third kappa shape index (κ3) is 3.79. The number of nitrogens with one attached hydrogen (secondary N) is 1. The Kier molecular flexibility index (Phi) is 4.68. The molecule has 112 valence electrons. The molecule has 20 heavy (non-hydrogen) atoms. The third-order valence-corrected chi connectivity index (χ3v) is 4.48. The lowest BCUT2D eigenvalue weighted by Crippen LogP contribution is -2.37. The normalized spacial score (nSPS) is 21.4. The van der Waals surface area contributed by atoms with Crippen molar-refractivity contribution in [2.24, 2.45) is 5.92 Å². The van der Waals surface area contributed by atoms with Crippen molar-refractivity contribution in [2.75, 3.05) is 19.6 Å². The Hall–Kier alpha value is -0.940. The lowest BCUT2D eigenvalue weighted by molar-refractivity contribution is 0.169. The van der Waals surface area contributed by atoms with E-state index < -0.39 is 0 Å². The largest absolute Gasteiger partial charge is 0.314 e. The zero-order valence-corrected chi connectivity index (χ0v) is 12.6. The Labute approximate surface area is 121 Å². The van der Waals surface area contributed by atoms with Gasteiger partial charge in [0, 0.05) is 12.6 Å². The quantitative estimate of drug-likeness (QED) is 0.823. The van der Waals surface area contributed by atoms with Gasteiger partial charge in [-0.15, -0.1) is 0 Å². The molecule has 1 aliphatic carbocycles. The Morgan fingerprint density at radius 3 is 2.75 bits per heavy atom. The van der Waals surface area contributed by atoms with Crippen molar-refractivity contribution in [3.63, 3.8) is 0 Å². The highest BCUT2D eigenvalue weighted by Crippen LogP contribution is 2.22. The minimum Gasteiger partial charge on any atom is -0.314 e. The fraction of sp³-hybridized carbons (Fsp3) is 0.867. The summed E-state index contributed by atoms with van der Waals surface area (Å²) in [6, 6.07) is 0.848. The monoisotopic (exact) mass is 277 g/mol. The maximum Gasteiger partial charge on any atom is 0.141 e. The van der Waals surface area contributed by atoms with Crippen LogP contribution < -0.4 is 5.32 Å². The Morgan fingerprint density at radius 2 is 2.05 bits per heavy atom. The van der Waals surface area contributed by atoms with Crippen LogP contribution >= 0.6 is 0 Å². The molecule has 5 heteroatoms. The van der Waals surface area contributed by atoms with Gasteiger partial charge >= 0.3 is 0 Å². The van der Waals surface area contributed by atoms with Gasteiger partial charge in [-0.3, -0.25) is 4.90 Å². The van der Waals surface area contributed by atoms with E-state index >= 15 is 0 Å². The molecule has 1 saturated carbocycles. The first kappa shape index (κ1) is 14.0. The van der Waals surface area contributed by atoms with E-state index in [1.165, 1.54) is 45.3 Å². The van der Waals surface area contributed by atoms with Crippen molar-refractivity contribution >= 4 is 0 Å².